The summed E-state index contributed by atoms with van der Waals surface area (Å²) in [4.78, 5) is 0.148. The van der Waals surface area contributed by atoms with Gasteiger partial charge in [0.1, 0.15) is 11.9 Å². The summed E-state index contributed by atoms with van der Waals surface area (Å²) in [7, 11) is -1.75. The molecule has 0 radical (unpaired) electrons. The van der Waals surface area contributed by atoms with Crippen LogP contribution in [0.3, 0.4) is 0 Å². The molecule has 2 N–H and O–H groups in total. The van der Waals surface area contributed by atoms with Crippen LogP contribution in [0.2, 0.25) is 0 Å². The number of nitrogens with two attached hydrogens (primary N) is 1. The van der Waals surface area contributed by atoms with Crippen molar-refractivity contribution < 1.29 is 12.8 Å². The molecule has 0 aliphatic carbocycles. The highest BCUT2D eigenvalue weighted by atomic mass is 32.2. The minimum absolute atomic E-state index is 0.148. The number of halogens is 1. The van der Waals surface area contributed by atoms with Crippen LogP contribution in [-0.4, -0.2) is 18.2 Å². The lowest BCUT2D eigenvalue weighted by molar-refractivity contribution is 0.598. The van der Waals surface area contributed by atoms with E-state index in [9.17, 15) is 12.8 Å². The minimum Gasteiger partial charge on any atom is -0.267 e. The highest BCUT2D eigenvalue weighted by Gasteiger charge is 2.06. The molecule has 1 heterocycles. The van der Waals surface area contributed by atoms with Crippen LogP contribution in [0.25, 0.3) is 11.3 Å². The Morgan fingerprint density at radius 1 is 1.12 bits per heavy atom. The average molecular weight is 358 g/mol. The van der Waals surface area contributed by atoms with Crippen LogP contribution in [0.1, 0.15) is 5.69 Å². The van der Waals surface area contributed by atoms with E-state index < -0.39 is 10.0 Å². The van der Waals surface area contributed by atoms with Gasteiger partial charge in [0.05, 0.1) is 10.6 Å². The summed E-state index contributed by atoms with van der Waals surface area (Å²) in [6.07, 6.45) is 0. The van der Waals surface area contributed by atoms with E-state index in [0.29, 0.717) is 5.69 Å². The molecule has 0 bridgehead atoms. The molecular weight excluding hydrogens is 343 g/mol. The van der Waals surface area contributed by atoms with Crippen LogP contribution in [0.4, 0.5) is 4.39 Å². The number of sulfonamides is 1. The van der Waals surface area contributed by atoms with E-state index in [2.05, 4.69) is 5.10 Å². The molecule has 128 valence electrons. The molecular formula is C17H15FN4O2S. The predicted molar refractivity (Wildman–Crippen MR) is 91.1 cm³/mol. The molecule has 0 aliphatic heterocycles. The van der Waals surface area contributed by atoms with E-state index in [0.717, 1.165) is 11.3 Å². The first-order valence-corrected chi connectivity index (χ1v) is 8.64. The molecule has 6 nitrogen and oxygen atoms in total. The van der Waals surface area contributed by atoms with Crippen LogP contribution < -0.4 is 5.14 Å². The second-order valence-corrected chi connectivity index (χ2v) is 6.58. The fourth-order valence-corrected chi connectivity index (χ4v) is 2.56. The zero-order valence-electron chi connectivity index (χ0n) is 13.3. The molecule has 2 aromatic carbocycles. The van der Waals surface area contributed by atoms with Gasteiger partial charge in [-0.2, -0.15) is 10.4 Å². The molecule has 0 atom stereocenters. The zero-order valence-corrected chi connectivity index (χ0v) is 14.1. The highest BCUT2D eigenvalue weighted by Crippen LogP contribution is 2.19. The van der Waals surface area contributed by atoms with E-state index in [-0.39, 0.29) is 10.7 Å². The summed E-state index contributed by atoms with van der Waals surface area (Å²) in [6, 6.07) is 17.6. The van der Waals surface area contributed by atoms with Crippen LogP contribution in [0.15, 0.2) is 65.6 Å². The molecule has 0 saturated heterocycles. The van der Waals surface area contributed by atoms with E-state index in [4.69, 9.17) is 10.4 Å². The summed E-state index contributed by atoms with van der Waals surface area (Å²) in [5, 5.41) is 17.5. The Kier molecular flexibility index (Phi) is 5.64. The van der Waals surface area contributed by atoms with Crippen LogP contribution in [0, 0.1) is 17.1 Å². The lowest BCUT2D eigenvalue weighted by Gasteiger charge is -2.00. The molecule has 0 spiro atoms. The number of aryl methyl sites for hydroxylation is 1. The predicted octanol–water partition coefficient (Wildman–Crippen LogP) is 2.43. The molecule has 0 fully saturated rings. The van der Waals surface area contributed by atoms with Crippen molar-refractivity contribution in [2.45, 2.75) is 4.90 Å². The van der Waals surface area contributed by atoms with Crippen molar-refractivity contribution >= 4 is 10.0 Å². The van der Waals surface area contributed by atoms with Gasteiger partial charge >= 0.3 is 0 Å². The highest BCUT2D eigenvalue weighted by molar-refractivity contribution is 7.89. The summed E-state index contributed by atoms with van der Waals surface area (Å²) < 4.78 is 35.5. The first-order chi connectivity index (χ1) is 11.8. The molecule has 3 rings (SSSR count). The molecule has 25 heavy (non-hydrogen) atoms. The van der Waals surface area contributed by atoms with Crippen molar-refractivity contribution in [3.8, 4) is 17.3 Å². The normalized spacial score (nSPS) is 10.5. The van der Waals surface area contributed by atoms with E-state index in [1.165, 1.54) is 24.3 Å². The topological polar surface area (TPSA) is 102 Å². The number of primary sulfonamides is 1. The van der Waals surface area contributed by atoms with Crippen molar-refractivity contribution in [3.05, 3.63) is 72.2 Å². The van der Waals surface area contributed by atoms with Crippen molar-refractivity contribution in [2.24, 2.45) is 12.2 Å². The second kappa shape index (κ2) is 7.70. The fraction of sp³-hybridized carbons (Fsp3) is 0.0588. The largest absolute Gasteiger partial charge is 0.267 e. The van der Waals surface area contributed by atoms with E-state index in [1.54, 1.807) is 48.1 Å². The lowest BCUT2D eigenvalue weighted by atomic mass is 10.1. The van der Waals surface area contributed by atoms with Crippen molar-refractivity contribution in [1.82, 2.24) is 9.78 Å². The van der Waals surface area contributed by atoms with Gasteiger partial charge in [-0.15, -0.1) is 0 Å². The maximum atomic E-state index is 12.7. The Balaban J connectivity index is 0.000000196. The summed E-state index contributed by atoms with van der Waals surface area (Å²) >= 11 is 0. The van der Waals surface area contributed by atoms with Crippen LogP contribution in [0.5, 0.6) is 0 Å². The van der Waals surface area contributed by atoms with Gasteiger partial charge in [0, 0.05) is 18.7 Å². The second-order valence-electron chi connectivity index (χ2n) is 5.02. The zero-order chi connectivity index (χ0) is 18.4. The van der Waals surface area contributed by atoms with Gasteiger partial charge in [-0.3, -0.25) is 4.68 Å². The Labute approximate surface area is 145 Å². The molecule has 0 aliphatic rings. The van der Waals surface area contributed by atoms with Gasteiger partial charge in [0.25, 0.3) is 0 Å². The van der Waals surface area contributed by atoms with E-state index in [1.807, 2.05) is 6.07 Å². The molecule has 3 aromatic rings. The Hall–Kier alpha value is -3.02. The molecule has 0 amide bonds. The Bertz CT molecular complexity index is 991. The van der Waals surface area contributed by atoms with Crippen molar-refractivity contribution in [2.75, 3.05) is 0 Å². The van der Waals surface area contributed by atoms with Gasteiger partial charge in [-0.1, -0.05) is 18.2 Å². The number of rotatable bonds is 2. The maximum Gasteiger partial charge on any atom is 0.238 e. The number of hydrogen-bond acceptors (Lipinski definition) is 4. The van der Waals surface area contributed by atoms with Crippen molar-refractivity contribution in [1.29, 1.82) is 5.26 Å². The number of benzene rings is 2. The van der Waals surface area contributed by atoms with Gasteiger partial charge in [0.15, 0.2) is 5.69 Å². The van der Waals surface area contributed by atoms with Crippen molar-refractivity contribution in [3.63, 3.8) is 0 Å². The molecule has 0 saturated carbocycles. The minimum atomic E-state index is -3.50. The summed E-state index contributed by atoms with van der Waals surface area (Å²) in [6.45, 7) is 0. The smallest absolute Gasteiger partial charge is 0.238 e. The summed E-state index contributed by atoms with van der Waals surface area (Å²) in [5.41, 5.74) is 2.00. The quantitative estimate of drug-likeness (QED) is 0.760. The van der Waals surface area contributed by atoms with Crippen LogP contribution in [-0.2, 0) is 17.1 Å². The number of aromatic nitrogens is 2. The first-order valence-electron chi connectivity index (χ1n) is 7.09. The third-order valence-corrected chi connectivity index (χ3v) is 4.14. The third kappa shape index (κ3) is 4.97. The standard InChI is InChI=1S/C11H8FN3.C6H7NO2S/c1-15-11(6-10(7-13)14-15)8-2-4-9(12)5-3-8;7-10(8,9)6-4-2-1-3-5-6/h2-6H,1H3;1-5H,(H2,7,8,9). The Morgan fingerprint density at radius 2 is 1.72 bits per heavy atom. The molecule has 1 aromatic heterocycles. The monoisotopic (exact) mass is 358 g/mol. The first kappa shape index (κ1) is 18.3. The number of hydrogen-bond donors (Lipinski definition) is 1. The number of nitrogens with zero attached hydrogens (tertiary/aromatic N) is 3. The third-order valence-electron chi connectivity index (χ3n) is 3.21. The maximum absolute atomic E-state index is 12.7. The van der Waals surface area contributed by atoms with Gasteiger partial charge in [0.2, 0.25) is 10.0 Å². The lowest BCUT2D eigenvalue weighted by Crippen LogP contribution is -2.11. The molecule has 0 unspecified atom stereocenters. The molecule has 8 heteroatoms. The summed E-state index contributed by atoms with van der Waals surface area (Å²) in [5.74, 6) is -0.276. The van der Waals surface area contributed by atoms with E-state index >= 15 is 0 Å². The average Bonchev–Trinajstić information content (AvgIpc) is 2.97. The van der Waals surface area contributed by atoms with Crippen LogP contribution >= 0.6 is 0 Å². The fourth-order valence-electron chi connectivity index (χ4n) is 2.02. The Morgan fingerprint density at radius 3 is 2.16 bits per heavy atom. The van der Waals surface area contributed by atoms with Gasteiger partial charge < -0.3 is 0 Å². The van der Waals surface area contributed by atoms with Gasteiger partial charge in [-0.05, 0) is 36.4 Å². The number of nitriles is 1. The SMILES string of the molecule is Cn1nc(C#N)cc1-c1ccc(F)cc1.NS(=O)(=O)c1ccccc1. The van der Waals surface area contributed by atoms with Gasteiger partial charge in [-0.25, -0.2) is 17.9 Å².